The van der Waals surface area contributed by atoms with Crippen molar-refractivity contribution in [2.75, 3.05) is 0 Å². The van der Waals surface area contributed by atoms with Crippen molar-refractivity contribution in [3.63, 3.8) is 0 Å². The summed E-state index contributed by atoms with van der Waals surface area (Å²) in [5, 5.41) is 5.16. The van der Waals surface area contributed by atoms with Crippen LogP contribution in [0.4, 0.5) is 0 Å². The number of thiocarbonyl (C=S) groups is 1. The number of amides is 2. The number of benzene rings is 2. The van der Waals surface area contributed by atoms with Gasteiger partial charge in [0.2, 0.25) is 5.11 Å². The fraction of sp³-hybridized carbons (Fsp3) is 0. The molecule has 1 heterocycles. The second-order valence-corrected chi connectivity index (χ2v) is 4.97. The third kappa shape index (κ3) is 2.77. The number of hydrogen-bond acceptors (Lipinski definition) is 3. The third-order valence-electron chi connectivity index (χ3n) is 3.13. The Bertz CT molecular complexity index is 800. The van der Waals surface area contributed by atoms with Crippen molar-refractivity contribution in [1.82, 2.24) is 10.6 Å². The second kappa shape index (κ2) is 5.87. The molecule has 0 spiro atoms. The van der Waals surface area contributed by atoms with Crippen molar-refractivity contribution in [2.24, 2.45) is 4.99 Å². The molecular weight excluding hydrogens is 298 g/mol. The number of amidine groups is 1. The van der Waals surface area contributed by atoms with Crippen LogP contribution in [-0.2, 0) is 0 Å². The maximum Gasteiger partial charge on any atom is 0.257 e. The Balaban J connectivity index is 1.78. The summed E-state index contributed by atoms with van der Waals surface area (Å²) >= 11 is 5.06. The molecule has 2 aromatic rings. The van der Waals surface area contributed by atoms with Crippen molar-refractivity contribution in [3.8, 4) is 0 Å². The Morgan fingerprint density at radius 2 is 1.64 bits per heavy atom. The first kappa shape index (κ1) is 14.1. The molecule has 0 radical (unpaired) electrons. The monoisotopic (exact) mass is 309 g/mol. The van der Waals surface area contributed by atoms with E-state index in [1.54, 1.807) is 48.5 Å². The molecule has 3 rings (SSSR count). The van der Waals surface area contributed by atoms with Gasteiger partial charge in [-0.25, -0.2) is 4.99 Å². The maximum absolute atomic E-state index is 12.0. The fourth-order valence-electron chi connectivity index (χ4n) is 2.11. The van der Waals surface area contributed by atoms with Crippen LogP contribution in [0.3, 0.4) is 0 Å². The highest BCUT2D eigenvalue weighted by molar-refractivity contribution is 7.80. The highest BCUT2D eigenvalue weighted by Gasteiger charge is 2.24. The topological polar surface area (TPSA) is 70.6 Å². The minimum atomic E-state index is -0.340. The second-order valence-electron chi connectivity index (χ2n) is 4.59. The summed E-state index contributed by atoms with van der Waals surface area (Å²) in [5.74, 6) is -0.224. The molecule has 0 saturated heterocycles. The molecule has 5 nitrogen and oxygen atoms in total. The molecule has 108 valence electrons. The zero-order chi connectivity index (χ0) is 15.5. The molecule has 0 aromatic heterocycles. The minimum Gasteiger partial charge on any atom is -0.306 e. The lowest BCUT2D eigenvalue weighted by atomic mass is 10.1. The summed E-state index contributed by atoms with van der Waals surface area (Å²) < 4.78 is 0. The van der Waals surface area contributed by atoms with Crippen LogP contribution in [-0.4, -0.2) is 22.8 Å². The SMILES string of the molecule is O=C(NC(=S)N=C1NC(=O)c2ccccc21)c1ccccc1. The molecule has 0 fully saturated rings. The molecule has 6 heteroatoms. The molecule has 2 N–H and O–H groups in total. The Morgan fingerprint density at radius 1 is 1.00 bits per heavy atom. The van der Waals surface area contributed by atoms with Gasteiger partial charge >= 0.3 is 0 Å². The maximum atomic E-state index is 12.0. The average molecular weight is 309 g/mol. The van der Waals surface area contributed by atoms with Crippen molar-refractivity contribution in [2.45, 2.75) is 0 Å². The van der Waals surface area contributed by atoms with E-state index in [1.807, 2.05) is 6.07 Å². The van der Waals surface area contributed by atoms with E-state index >= 15 is 0 Å². The number of hydrogen-bond donors (Lipinski definition) is 2. The summed E-state index contributed by atoms with van der Waals surface area (Å²) in [6.45, 7) is 0. The number of nitrogens with one attached hydrogen (secondary N) is 2. The predicted octanol–water partition coefficient (Wildman–Crippen LogP) is 1.89. The van der Waals surface area contributed by atoms with Gasteiger partial charge in [0, 0.05) is 11.1 Å². The van der Waals surface area contributed by atoms with Gasteiger partial charge < -0.3 is 5.32 Å². The van der Waals surface area contributed by atoms with Gasteiger partial charge in [0.05, 0.1) is 5.56 Å². The Morgan fingerprint density at radius 3 is 2.36 bits per heavy atom. The lowest BCUT2D eigenvalue weighted by Gasteiger charge is -2.04. The van der Waals surface area contributed by atoms with Crippen LogP contribution in [0, 0.1) is 0 Å². The van der Waals surface area contributed by atoms with Crippen LogP contribution in [0.5, 0.6) is 0 Å². The molecule has 1 aliphatic rings. The Labute approximate surface area is 132 Å². The zero-order valence-electron chi connectivity index (χ0n) is 11.4. The van der Waals surface area contributed by atoms with Gasteiger partial charge in [-0.15, -0.1) is 0 Å². The molecule has 0 aliphatic carbocycles. The average Bonchev–Trinajstić information content (AvgIpc) is 2.85. The van der Waals surface area contributed by atoms with E-state index in [0.29, 0.717) is 22.5 Å². The van der Waals surface area contributed by atoms with Crippen LogP contribution in [0.2, 0.25) is 0 Å². The number of nitrogens with zero attached hydrogens (tertiary/aromatic N) is 1. The standard InChI is InChI=1S/C16H11N3O2S/c20-14(10-6-2-1-3-7-10)19-16(22)18-13-11-8-4-5-9-12(11)15(21)17-13/h1-9H,(H2,17,18,19,20,21,22). The number of fused-ring (bicyclic) bond motifs is 1. The van der Waals surface area contributed by atoms with Crippen LogP contribution in [0.15, 0.2) is 59.6 Å². The molecule has 2 aromatic carbocycles. The predicted molar refractivity (Wildman–Crippen MR) is 87.0 cm³/mol. The lowest BCUT2D eigenvalue weighted by Crippen LogP contribution is -2.30. The van der Waals surface area contributed by atoms with E-state index in [4.69, 9.17) is 12.2 Å². The van der Waals surface area contributed by atoms with Gasteiger partial charge in [0.15, 0.2) is 0 Å². The van der Waals surface area contributed by atoms with Crippen LogP contribution < -0.4 is 10.6 Å². The molecule has 0 bridgehead atoms. The molecule has 0 saturated carbocycles. The summed E-state index contributed by atoms with van der Waals surface area (Å²) in [6, 6.07) is 15.8. The molecule has 2 amide bonds. The van der Waals surface area contributed by atoms with Gasteiger partial charge in [0.25, 0.3) is 11.8 Å². The van der Waals surface area contributed by atoms with E-state index in [2.05, 4.69) is 15.6 Å². The molecule has 0 atom stereocenters. The highest BCUT2D eigenvalue weighted by atomic mass is 32.1. The minimum absolute atomic E-state index is 0.000793. The molecule has 1 aliphatic heterocycles. The van der Waals surface area contributed by atoms with Gasteiger partial charge in [-0.2, -0.15) is 0 Å². The molecule has 0 unspecified atom stereocenters. The van der Waals surface area contributed by atoms with Gasteiger partial charge in [-0.3, -0.25) is 14.9 Å². The third-order valence-corrected chi connectivity index (χ3v) is 3.32. The van der Waals surface area contributed by atoms with Crippen LogP contribution in [0.25, 0.3) is 0 Å². The largest absolute Gasteiger partial charge is 0.306 e. The quantitative estimate of drug-likeness (QED) is 0.790. The number of rotatable bonds is 1. The van der Waals surface area contributed by atoms with Crippen molar-refractivity contribution in [1.29, 1.82) is 0 Å². The Kier molecular flexibility index (Phi) is 3.76. The highest BCUT2D eigenvalue weighted by Crippen LogP contribution is 2.15. The van der Waals surface area contributed by atoms with E-state index in [1.165, 1.54) is 0 Å². The van der Waals surface area contributed by atoms with Gasteiger partial charge in [-0.1, -0.05) is 36.4 Å². The lowest BCUT2D eigenvalue weighted by molar-refractivity contribution is 0.0972. The molecular formula is C16H11N3O2S. The van der Waals surface area contributed by atoms with E-state index in [-0.39, 0.29) is 16.9 Å². The first-order chi connectivity index (χ1) is 10.6. The summed E-state index contributed by atoms with van der Waals surface area (Å²) in [5.41, 5.74) is 1.70. The normalized spacial score (nSPS) is 14.4. The smallest absolute Gasteiger partial charge is 0.257 e. The summed E-state index contributed by atoms with van der Waals surface area (Å²) in [6.07, 6.45) is 0. The summed E-state index contributed by atoms with van der Waals surface area (Å²) in [7, 11) is 0. The van der Waals surface area contributed by atoms with E-state index < -0.39 is 0 Å². The Hall–Kier alpha value is -2.86. The van der Waals surface area contributed by atoms with Crippen LogP contribution >= 0.6 is 12.2 Å². The summed E-state index contributed by atoms with van der Waals surface area (Å²) in [4.78, 5) is 27.9. The molecule has 22 heavy (non-hydrogen) atoms. The van der Waals surface area contributed by atoms with Crippen LogP contribution in [0.1, 0.15) is 26.3 Å². The zero-order valence-corrected chi connectivity index (χ0v) is 12.2. The van der Waals surface area contributed by atoms with Gasteiger partial charge in [-0.05, 0) is 30.4 Å². The number of carbonyl (C=O) groups is 2. The number of aliphatic imine (C=N–C) groups is 1. The van der Waals surface area contributed by atoms with Crippen molar-refractivity contribution >= 4 is 35.0 Å². The first-order valence-electron chi connectivity index (χ1n) is 6.55. The van der Waals surface area contributed by atoms with E-state index in [9.17, 15) is 9.59 Å². The van der Waals surface area contributed by atoms with E-state index in [0.717, 1.165) is 0 Å². The fourth-order valence-corrected chi connectivity index (χ4v) is 2.29. The number of carbonyl (C=O) groups excluding carboxylic acids is 2. The first-order valence-corrected chi connectivity index (χ1v) is 6.96. The van der Waals surface area contributed by atoms with Gasteiger partial charge in [0.1, 0.15) is 5.84 Å². The van der Waals surface area contributed by atoms with Crippen molar-refractivity contribution < 1.29 is 9.59 Å². The van der Waals surface area contributed by atoms with Crippen molar-refractivity contribution in [3.05, 3.63) is 71.3 Å².